The van der Waals surface area contributed by atoms with Crippen LogP contribution in [-0.2, 0) is 17.9 Å². The molecule has 6 nitrogen and oxygen atoms in total. The van der Waals surface area contributed by atoms with Gasteiger partial charge in [-0.15, -0.1) is 11.8 Å². The lowest BCUT2D eigenvalue weighted by atomic mass is 10.1. The summed E-state index contributed by atoms with van der Waals surface area (Å²) in [5.41, 5.74) is 3.81. The molecule has 0 spiro atoms. The van der Waals surface area contributed by atoms with Gasteiger partial charge >= 0.3 is 0 Å². The smallest absolute Gasteiger partial charge is 0.256 e. The quantitative estimate of drug-likeness (QED) is 0.340. The number of rotatable bonds is 8. The van der Waals surface area contributed by atoms with Crippen LogP contribution in [0.4, 0.5) is 11.4 Å². The van der Waals surface area contributed by atoms with E-state index in [-0.39, 0.29) is 18.0 Å². The maximum atomic E-state index is 13.4. The van der Waals surface area contributed by atoms with Crippen molar-refractivity contribution in [1.82, 2.24) is 4.57 Å². The van der Waals surface area contributed by atoms with Crippen molar-refractivity contribution in [3.63, 3.8) is 0 Å². The molecule has 1 amide bonds. The number of anilines is 2. The summed E-state index contributed by atoms with van der Waals surface area (Å²) in [6.07, 6.45) is 1.98. The highest BCUT2D eigenvalue weighted by Gasteiger charge is 2.14. The van der Waals surface area contributed by atoms with Gasteiger partial charge in [0.2, 0.25) is 5.91 Å². The molecule has 0 fully saturated rings. The van der Waals surface area contributed by atoms with Crippen molar-refractivity contribution in [2.75, 3.05) is 24.0 Å². The molecule has 2 N–H and O–H groups in total. The number of thioether (sulfide) groups is 1. The molecule has 34 heavy (non-hydrogen) atoms. The van der Waals surface area contributed by atoms with Crippen molar-refractivity contribution < 1.29 is 9.53 Å². The van der Waals surface area contributed by atoms with Crippen LogP contribution in [0.5, 0.6) is 5.75 Å². The van der Waals surface area contributed by atoms with E-state index in [1.54, 1.807) is 24.9 Å². The molecule has 0 saturated carbocycles. The molecule has 4 rings (SSSR count). The molecule has 1 aromatic heterocycles. The van der Waals surface area contributed by atoms with Gasteiger partial charge in [-0.3, -0.25) is 14.2 Å². The predicted molar refractivity (Wildman–Crippen MR) is 140 cm³/mol. The number of hydrogen-bond acceptors (Lipinski definition) is 5. The van der Waals surface area contributed by atoms with Crippen molar-refractivity contribution in [3.8, 4) is 5.75 Å². The third kappa shape index (κ3) is 5.43. The van der Waals surface area contributed by atoms with Crippen LogP contribution in [0.3, 0.4) is 0 Å². The topological polar surface area (TPSA) is 72.4 Å². The monoisotopic (exact) mass is 473 g/mol. The van der Waals surface area contributed by atoms with E-state index in [0.29, 0.717) is 29.1 Å². The number of fused-ring (bicyclic) bond motifs is 1. The molecule has 7 heteroatoms. The Morgan fingerprint density at radius 3 is 2.53 bits per heavy atom. The Hall–Kier alpha value is -3.71. The Morgan fingerprint density at radius 1 is 1.00 bits per heavy atom. The summed E-state index contributed by atoms with van der Waals surface area (Å²) < 4.78 is 6.87. The molecular formula is C27H27N3O3S. The number of carbonyl (C=O) groups is 1. The van der Waals surface area contributed by atoms with E-state index >= 15 is 0 Å². The molecule has 1 heterocycles. The molecule has 3 aromatic carbocycles. The largest absolute Gasteiger partial charge is 0.497 e. The van der Waals surface area contributed by atoms with Gasteiger partial charge in [-0.05, 0) is 67.1 Å². The zero-order valence-electron chi connectivity index (χ0n) is 19.4. The number of pyridine rings is 1. The molecule has 0 bridgehead atoms. The molecule has 174 valence electrons. The van der Waals surface area contributed by atoms with Crippen molar-refractivity contribution in [1.29, 1.82) is 0 Å². The fourth-order valence-corrected chi connectivity index (χ4v) is 4.20. The molecule has 0 atom stereocenters. The van der Waals surface area contributed by atoms with Gasteiger partial charge in [-0.1, -0.05) is 23.8 Å². The average Bonchev–Trinajstić information content (AvgIpc) is 2.85. The second-order valence-electron chi connectivity index (χ2n) is 7.99. The van der Waals surface area contributed by atoms with Crippen molar-refractivity contribution in [3.05, 3.63) is 94.3 Å². The Labute approximate surface area is 203 Å². The van der Waals surface area contributed by atoms with Crippen LogP contribution in [0.15, 0.2) is 82.5 Å². The minimum atomic E-state index is -0.270. The SMILES string of the molecule is COc1ccc2cc(CNc3ccc(C)cc3)c(=O)n(CC(=O)Nc3cccc(SC)c3)c2c1. The van der Waals surface area contributed by atoms with Crippen molar-refractivity contribution in [2.45, 2.75) is 24.9 Å². The third-order valence-corrected chi connectivity index (χ3v) is 6.29. The fourth-order valence-electron chi connectivity index (χ4n) is 3.74. The molecule has 0 aliphatic heterocycles. The number of amides is 1. The van der Waals surface area contributed by atoms with Crippen LogP contribution in [0, 0.1) is 6.92 Å². The van der Waals surface area contributed by atoms with Gasteiger partial charge in [0.05, 0.1) is 12.6 Å². The first-order valence-corrected chi connectivity index (χ1v) is 12.1. The Kier molecular flexibility index (Phi) is 7.23. The van der Waals surface area contributed by atoms with E-state index < -0.39 is 0 Å². The summed E-state index contributed by atoms with van der Waals surface area (Å²) >= 11 is 1.60. The summed E-state index contributed by atoms with van der Waals surface area (Å²) in [7, 11) is 1.58. The number of methoxy groups -OCH3 is 1. The first kappa shape index (κ1) is 23.4. The van der Waals surface area contributed by atoms with E-state index in [1.807, 2.05) is 79.9 Å². The third-order valence-electron chi connectivity index (χ3n) is 5.57. The highest BCUT2D eigenvalue weighted by atomic mass is 32.2. The standard InChI is InChI=1S/C27H27N3O3S/c1-18-7-10-21(11-8-18)28-16-20-13-19-9-12-23(33-2)15-25(19)30(27(20)32)17-26(31)29-22-5-4-6-24(14-22)34-3/h4-15,28H,16-17H2,1-3H3,(H,29,31). The molecule has 4 aromatic rings. The van der Waals surface area contributed by atoms with Crippen LogP contribution in [0.2, 0.25) is 0 Å². The minimum Gasteiger partial charge on any atom is -0.497 e. The van der Waals surface area contributed by atoms with Crippen LogP contribution < -0.4 is 20.9 Å². The normalized spacial score (nSPS) is 10.8. The zero-order valence-corrected chi connectivity index (χ0v) is 20.2. The first-order valence-electron chi connectivity index (χ1n) is 10.9. The van der Waals surface area contributed by atoms with E-state index in [0.717, 1.165) is 16.0 Å². The number of aryl methyl sites for hydroxylation is 1. The number of nitrogens with zero attached hydrogens (tertiary/aromatic N) is 1. The molecule has 0 radical (unpaired) electrons. The number of carbonyl (C=O) groups excluding carboxylic acids is 1. The second kappa shape index (κ2) is 10.5. The van der Waals surface area contributed by atoms with Crippen LogP contribution in [0.25, 0.3) is 10.9 Å². The van der Waals surface area contributed by atoms with E-state index in [4.69, 9.17) is 4.74 Å². The van der Waals surface area contributed by atoms with Gasteiger partial charge in [0.15, 0.2) is 0 Å². The number of ether oxygens (including phenoxy) is 1. The summed E-state index contributed by atoms with van der Waals surface area (Å²) in [6, 6.07) is 23.0. The Morgan fingerprint density at radius 2 is 1.79 bits per heavy atom. The van der Waals surface area contributed by atoms with Gasteiger partial charge in [0, 0.05) is 34.4 Å². The maximum absolute atomic E-state index is 13.4. The van der Waals surface area contributed by atoms with Crippen molar-refractivity contribution >= 4 is 39.9 Å². The minimum absolute atomic E-state index is 0.107. The van der Waals surface area contributed by atoms with Crippen LogP contribution in [0.1, 0.15) is 11.1 Å². The predicted octanol–water partition coefficient (Wildman–Crippen LogP) is 5.29. The first-order chi connectivity index (χ1) is 16.5. The number of aromatic nitrogens is 1. The van der Waals surface area contributed by atoms with Crippen LogP contribution >= 0.6 is 11.8 Å². The summed E-state index contributed by atoms with van der Waals surface area (Å²) in [6.45, 7) is 2.27. The fraction of sp³-hybridized carbons (Fsp3) is 0.185. The van der Waals surface area contributed by atoms with E-state index in [1.165, 1.54) is 10.1 Å². The average molecular weight is 474 g/mol. The number of nitrogens with one attached hydrogen (secondary N) is 2. The van der Waals surface area contributed by atoms with Gasteiger partial charge < -0.3 is 15.4 Å². The van der Waals surface area contributed by atoms with Gasteiger partial charge in [0.1, 0.15) is 12.3 Å². The maximum Gasteiger partial charge on any atom is 0.256 e. The Balaban J connectivity index is 1.66. The second-order valence-corrected chi connectivity index (χ2v) is 8.86. The van der Waals surface area contributed by atoms with Crippen LogP contribution in [-0.4, -0.2) is 23.8 Å². The number of hydrogen-bond donors (Lipinski definition) is 2. The lowest BCUT2D eigenvalue weighted by Gasteiger charge is -2.15. The molecule has 0 saturated heterocycles. The van der Waals surface area contributed by atoms with Gasteiger partial charge in [-0.25, -0.2) is 0 Å². The highest BCUT2D eigenvalue weighted by Crippen LogP contribution is 2.22. The van der Waals surface area contributed by atoms with Gasteiger partial charge in [0.25, 0.3) is 5.56 Å². The summed E-state index contributed by atoms with van der Waals surface area (Å²) in [5.74, 6) is 0.354. The molecule has 0 unspecified atom stereocenters. The molecular weight excluding hydrogens is 446 g/mol. The number of benzene rings is 3. The van der Waals surface area contributed by atoms with Crippen molar-refractivity contribution in [2.24, 2.45) is 0 Å². The molecule has 0 aliphatic rings. The lowest BCUT2D eigenvalue weighted by molar-refractivity contribution is -0.116. The molecule has 0 aliphatic carbocycles. The lowest BCUT2D eigenvalue weighted by Crippen LogP contribution is -2.30. The van der Waals surface area contributed by atoms with E-state index in [2.05, 4.69) is 10.6 Å². The Bertz CT molecular complexity index is 1380. The summed E-state index contributed by atoms with van der Waals surface area (Å²) in [4.78, 5) is 27.4. The van der Waals surface area contributed by atoms with E-state index in [9.17, 15) is 9.59 Å². The highest BCUT2D eigenvalue weighted by molar-refractivity contribution is 7.98. The summed E-state index contributed by atoms with van der Waals surface area (Å²) in [5, 5.41) is 7.08. The zero-order chi connectivity index (χ0) is 24.1. The van der Waals surface area contributed by atoms with Gasteiger partial charge in [-0.2, -0.15) is 0 Å².